The van der Waals surface area contributed by atoms with E-state index in [0.717, 1.165) is 24.1 Å². The molecule has 1 unspecified atom stereocenters. The van der Waals surface area contributed by atoms with Crippen LogP contribution in [0.25, 0.3) is 0 Å². The summed E-state index contributed by atoms with van der Waals surface area (Å²) >= 11 is 0. The monoisotopic (exact) mass is 241 g/mol. The van der Waals surface area contributed by atoms with Gasteiger partial charge in [0.15, 0.2) is 0 Å². The largest absolute Gasteiger partial charge is 0.385 e. The third-order valence-electron chi connectivity index (χ3n) is 3.70. The number of anilines is 1. The Balaban J connectivity index is 2.11. The molecule has 0 amide bonds. The molecular weight excluding hydrogens is 225 g/mol. The van der Waals surface area contributed by atoms with Crippen molar-refractivity contribution < 1.29 is 4.39 Å². The molecule has 3 rings (SSSR count). The van der Waals surface area contributed by atoms with Crippen LogP contribution in [0, 0.1) is 12.7 Å². The Morgan fingerprint density at radius 2 is 1.94 bits per heavy atom. The predicted octanol–water partition coefficient (Wildman–Crippen LogP) is 4.08. The van der Waals surface area contributed by atoms with Gasteiger partial charge in [-0.15, -0.1) is 0 Å². The van der Waals surface area contributed by atoms with Gasteiger partial charge in [-0.1, -0.05) is 24.3 Å². The lowest BCUT2D eigenvalue weighted by atomic mass is 9.83. The molecular formula is C16H16FN. The number of aryl methyl sites for hydroxylation is 1. The van der Waals surface area contributed by atoms with Crippen LogP contribution in [0.3, 0.4) is 0 Å². The van der Waals surface area contributed by atoms with Crippen LogP contribution in [-0.2, 0) is 0 Å². The number of halogens is 1. The lowest BCUT2D eigenvalue weighted by Gasteiger charge is -2.28. The van der Waals surface area contributed by atoms with Gasteiger partial charge in [0.1, 0.15) is 5.82 Å². The van der Waals surface area contributed by atoms with Gasteiger partial charge < -0.3 is 5.32 Å². The van der Waals surface area contributed by atoms with Crippen molar-refractivity contribution in [3.05, 3.63) is 65.0 Å². The molecule has 1 aliphatic heterocycles. The van der Waals surface area contributed by atoms with Gasteiger partial charge >= 0.3 is 0 Å². The minimum absolute atomic E-state index is 0.147. The topological polar surface area (TPSA) is 12.0 Å². The fourth-order valence-electron chi connectivity index (χ4n) is 2.78. The lowest BCUT2D eigenvalue weighted by Crippen LogP contribution is -2.18. The van der Waals surface area contributed by atoms with E-state index in [4.69, 9.17) is 0 Å². The molecule has 2 aromatic rings. The van der Waals surface area contributed by atoms with Crippen LogP contribution in [0.4, 0.5) is 10.1 Å². The van der Waals surface area contributed by atoms with E-state index in [0.29, 0.717) is 5.92 Å². The van der Waals surface area contributed by atoms with Gasteiger partial charge in [-0.3, -0.25) is 0 Å². The Bertz CT molecular complexity index is 577. The zero-order valence-electron chi connectivity index (χ0n) is 10.4. The maximum Gasteiger partial charge on any atom is 0.123 e. The molecule has 1 heterocycles. The van der Waals surface area contributed by atoms with E-state index in [9.17, 15) is 4.39 Å². The van der Waals surface area contributed by atoms with Gasteiger partial charge in [-0.05, 0) is 48.2 Å². The van der Waals surface area contributed by atoms with Gasteiger partial charge in [-0.2, -0.15) is 0 Å². The highest BCUT2D eigenvalue weighted by Crippen LogP contribution is 2.37. The van der Waals surface area contributed by atoms with Crippen LogP contribution in [0.2, 0.25) is 0 Å². The van der Waals surface area contributed by atoms with Crippen LogP contribution in [0.1, 0.15) is 29.0 Å². The quantitative estimate of drug-likeness (QED) is 0.793. The summed E-state index contributed by atoms with van der Waals surface area (Å²) in [6.45, 7) is 3.00. The minimum Gasteiger partial charge on any atom is -0.385 e. The Kier molecular flexibility index (Phi) is 2.78. The standard InChI is InChI=1S/C16H16FN/c1-11-6-7-12(17)10-15(11)13-8-9-18-16-5-3-2-4-14(13)16/h2-7,10,13,18H,8-9H2,1H3. The number of benzene rings is 2. The first kappa shape index (κ1) is 11.3. The van der Waals surface area contributed by atoms with E-state index < -0.39 is 0 Å². The fourth-order valence-corrected chi connectivity index (χ4v) is 2.78. The highest BCUT2D eigenvalue weighted by atomic mass is 19.1. The van der Waals surface area contributed by atoms with Gasteiger partial charge in [-0.25, -0.2) is 4.39 Å². The molecule has 18 heavy (non-hydrogen) atoms. The number of hydrogen-bond donors (Lipinski definition) is 1. The third kappa shape index (κ3) is 1.88. The molecule has 1 atom stereocenters. The van der Waals surface area contributed by atoms with Gasteiger partial charge in [0.2, 0.25) is 0 Å². The second kappa shape index (κ2) is 4.45. The number of hydrogen-bond acceptors (Lipinski definition) is 1. The van der Waals surface area contributed by atoms with Crippen LogP contribution in [0.15, 0.2) is 42.5 Å². The van der Waals surface area contributed by atoms with Gasteiger partial charge in [0, 0.05) is 18.2 Å². The van der Waals surface area contributed by atoms with Crippen molar-refractivity contribution in [2.24, 2.45) is 0 Å². The predicted molar refractivity (Wildman–Crippen MR) is 72.5 cm³/mol. The van der Waals surface area contributed by atoms with E-state index in [2.05, 4.69) is 24.4 Å². The molecule has 2 aromatic carbocycles. The first-order chi connectivity index (χ1) is 8.75. The number of fused-ring (bicyclic) bond motifs is 1. The van der Waals surface area contributed by atoms with E-state index in [-0.39, 0.29) is 5.82 Å². The molecule has 0 fully saturated rings. The number of nitrogens with one attached hydrogen (secondary N) is 1. The summed E-state index contributed by atoms with van der Waals surface area (Å²) in [5.74, 6) is 0.157. The van der Waals surface area contributed by atoms with E-state index in [1.807, 2.05) is 18.2 Å². The zero-order valence-corrected chi connectivity index (χ0v) is 10.4. The average molecular weight is 241 g/mol. The fraction of sp³-hybridized carbons (Fsp3) is 0.250. The van der Waals surface area contributed by atoms with E-state index in [1.54, 1.807) is 6.07 Å². The normalized spacial score (nSPS) is 18.0. The lowest BCUT2D eigenvalue weighted by molar-refractivity contribution is 0.619. The molecule has 0 radical (unpaired) electrons. The van der Waals surface area contributed by atoms with Crippen molar-refractivity contribution >= 4 is 5.69 Å². The highest BCUT2D eigenvalue weighted by molar-refractivity contribution is 5.58. The molecule has 0 bridgehead atoms. The average Bonchev–Trinajstić information content (AvgIpc) is 2.41. The van der Waals surface area contributed by atoms with Crippen molar-refractivity contribution in [2.75, 3.05) is 11.9 Å². The maximum atomic E-state index is 13.5. The zero-order chi connectivity index (χ0) is 12.5. The molecule has 0 saturated heterocycles. The maximum absolute atomic E-state index is 13.5. The van der Waals surface area contributed by atoms with Crippen molar-refractivity contribution in [3.63, 3.8) is 0 Å². The summed E-state index contributed by atoms with van der Waals surface area (Å²) in [4.78, 5) is 0. The van der Waals surface area contributed by atoms with Crippen molar-refractivity contribution in [1.29, 1.82) is 0 Å². The third-order valence-corrected chi connectivity index (χ3v) is 3.70. The summed E-state index contributed by atoms with van der Waals surface area (Å²) in [6, 6.07) is 13.4. The van der Waals surface area contributed by atoms with E-state index >= 15 is 0 Å². The Labute approximate surface area is 107 Å². The smallest absolute Gasteiger partial charge is 0.123 e. The molecule has 1 N–H and O–H groups in total. The summed E-state index contributed by atoms with van der Waals surface area (Å²) in [5, 5.41) is 3.40. The van der Waals surface area contributed by atoms with Gasteiger partial charge in [0.05, 0.1) is 0 Å². The first-order valence-electron chi connectivity index (χ1n) is 6.34. The summed E-state index contributed by atoms with van der Waals surface area (Å²) < 4.78 is 13.5. The first-order valence-corrected chi connectivity index (χ1v) is 6.34. The molecule has 0 aromatic heterocycles. The highest BCUT2D eigenvalue weighted by Gasteiger charge is 2.22. The van der Waals surface area contributed by atoms with E-state index in [1.165, 1.54) is 17.3 Å². The number of para-hydroxylation sites is 1. The Morgan fingerprint density at radius 3 is 2.83 bits per heavy atom. The summed E-state index contributed by atoms with van der Waals surface area (Å²) in [5.41, 5.74) is 4.73. The molecule has 2 heteroatoms. The van der Waals surface area contributed by atoms with Crippen LogP contribution >= 0.6 is 0 Å². The van der Waals surface area contributed by atoms with Crippen molar-refractivity contribution in [1.82, 2.24) is 0 Å². The Hall–Kier alpha value is -1.83. The summed E-state index contributed by atoms with van der Waals surface area (Å²) in [7, 11) is 0. The SMILES string of the molecule is Cc1ccc(F)cc1C1CCNc2ccccc21. The Morgan fingerprint density at radius 1 is 1.11 bits per heavy atom. The molecule has 0 aliphatic carbocycles. The molecule has 0 spiro atoms. The second-order valence-corrected chi connectivity index (χ2v) is 4.86. The minimum atomic E-state index is -0.147. The summed E-state index contributed by atoms with van der Waals surface area (Å²) in [6.07, 6.45) is 1.02. The molecule has 1 aliphatic rings. The van der Waals surface area contributed by atoms with Crippen molar-refractivity contribution in [2.45, 2.75) is 19.3 Å². The molecule has 92 valence electrons. The second-order valence-electron chi connectivity index (χ2n) is 4.86. The van der Waals surface area contributed by atoms with Gasteiger partial charge in [0.25, 0.3) is 0 Å². The van der Waals surface area contributed by atoms with Crippen LogP contribution in [0.5, 0.6) is 0 Å². The van der Waals surface area contributed by atoms with Crippen LogP contribution in [-0.4, -0.2) is 6.54 Å². The van der Waals surface area contributed by atoms with Crippen molar-refractivity contribution in [3.8, 4) is 0 Å². The molecule has 1 nitrogen and oxygen atoms in total. The molecule has 0 saturated carbocycles. The van der Waals surface area contributed by atoms with Crippen LogP contribution < -0.4 is 5.32 Å². The number of rotatable bonds is 1.